The number of aromatic nitrogens is 2. The second-order valence-corrected chi connectivity index (χ2v) is 5.44. The molecule has 0 aliphatic heterocycles. The van der Waals surface area contributed by atoms with Gasteiger partial charge >= 0.3 is 0 Å². The molecule has 2 aromatic heterocycles. The van der Waals surface area contributed by atoms with Gasteiger partial charge in [-0.3, -0.25) is 0 Å². The van der Waals surface area contributed by atoms with Crippen molar-refractivity contribution in [3.05, 3.63) is 42.6 Å². The van der Waals surface area contributed by atoms with E-state index in [0.717, 1.165) is 22.2 Å². The largest absolute Gasteiger partial charge is 0.363 e. The van der Waals surface area contributed by atoms with Crippen LogP contribution in [0.3, 0.4) is 0 Å². The van der Waals surface area contributed by atoms with Gasteiger partial charge < -0.3 is 10.2 Å². The first kappa shape index (κ1) is 11.9. The molecule has 0 unspecified atom stereocenters. The fraction of sp³-hybridized carbons (Fsp3) is 0.143. The summed E-state index contributed by atoms with van der Waals surface area (Å²) in [7, 11) is 3.95. The molecule has 3 aromatic rings. The predicted molar refractivity (Wildman–Crippen MR) is 81.5 cm³/mol. The Morgan fingerprint density at radius 1 is 1.11 bits per heavy atom. The zero-order chi connectivity index (χ0) is 13.2. The summed E-state index contributed by atoms with van der Waals surface area (Å²) < 4.78 is 1.18. The molecule has 2 heterocycles. The van der Waals surface area contributed by atoms with E-state index >= 15 is 0 Å². The van der Waals surface area contributed by atoms with Crippen LogP contribution in [0.4, 0.5) is 16.6 Å². The second-order valence-electron chi connectivity index (χ2n) is 4.41. The smallest absolute Gasteiger partial charge is 0.188 e. The topological polar surface area (TPSA) is 41.0 Å². The number of nitrogens with one attached hydrogen (secondary N) is 1. The summed E-state index contributed by atoms with van der Waals surface area (Å²) in [5.41, 5.74) is 1.97. The van der Waals surface area contributed by atoms with Crippen LogP contribution in [-0.2, 0) is 0 Å². The van der Waals surface area contributed by atoms with Crippen molar-refractivity contribution < 1.29 is 0 Å². The van der Waals surface area contributed by atoms with Crippen LogP contribution in [0.25, 0.3) is 10.2 Å². The fourth-order valence-corrected chi connectivity index (χ4v) is 2.66. The van der Waals surface area contributed by atoms with E-state index < -0.39 is 0 Å². The van der Waals surface area contributed by atoms with Gasteiger partial charge in [-0.2, -0.15) is 0 Å². The molecule has 0 aliphatic carbocycles. The minimum atomic E-state index is 0.889. The zero-order valence-electron chi connectivity index (χ0n) is 10.8. The lowest BCUT2D eigenvalue weighted by Gasteiger charge is -2.11. The molecule has 3 rings (SSSR count). The molecule has 0 atom stereocenters. The molecule has 1 aromatic carbocycles. The maximum atomic E-state index is 4.53. The van der Waals surface area contributed by atoms with E-state index in [9.17, 15) is 0 Å². The molecule has 0 radical (unpaired) electrons. The number of para-hydroxylation sites is 1. The molecule has 0 saturated heterocycles. The van der Waals surface area contributed by atoms with Gasteiger partial charge in [0.2, 0.25) is 0 Å². The van der Waals surface area contributed by atoms with E-state index in [0.29, 0.717) is 0 Å². The van der Waals surface area contributed by atoms with Crippen molar-refractivity contribution in [1.29, 1.82) is 0 Å². The van der Waals surface area contributed by atoms with Crippen LogP contribution >= 0.6 is 11.3 Å². The first-order valence-corrected chi connectivity index (χ1v) is 6.80. The van der Waals surface area contributed by atoms with E-state index in [-0.39, 0.29) is 0 Å². The maximum absolute atomic E-state index is 4.53. The summed E-state index contributed by atoms with van der Waals surface area (Å²) in [4.78, 5) is 10.9. The van der Waals surface area contributed by atoms with E-state index in [1.165, 1.54) is 4.70 Å². The minimum absolute atomic E-state index is 0.889. The third-order valence-corrected chi connectivity index (χ3v) is 3.70. The third-order valence-electron chi connectivity index (χ3n) is 2.75. The number of anilines is 3. The number of hydrogen-bond donors (Lipinski definition) is 1. The molecule has 19 heavy (non-hydrogen) atoms. The van der Waals surface area contributed by atoms with E-state index in [1.54, 1.807) is 11.3 Å². The van der Waals surface area contributed by atoms with Gasteiger partial charge in [0.15, 0.2) is 5.13 Å². The van der Waals surface area contributed by atoms with Crippen LogP contribution in [0.5, 0.6) is 0 Å². The normalized spacial score (nSPS) is 10.6. The molecule has 4 nitrogen and oxygen atoms in total. The first-order chi connectivity index (χ1) is 9.22. The van der Waals surface area contributed by atoms with E-state index in [2.05, 4.69) is 21.4 Å². The molecule has 0 aliphatic rings. The molecule has 5 heteroatoms. The van der Waals surface area contributed by atoms with Crippen molar-refractivity contribution in [2.45, 2.75) is 0 Å². The Kier molecular flexibility index (Phi) is 3.05. The summed E-state index contributed by atoms with van der Waals surface area (Å²) in [6, 6.07) is 12.1. The SMILES string of the molecule is CN(C)c1ccc(Nc2nc3ccccc3s2)cn1. The lowest BCUT2D eigenvalue weighted by atomic mass is 10.3. The van der Waals surface area contributed by atoms with Gasteiger partial charge in [-0.25, -0.2) is 9.97 Å². The number of rotatable bonds is 3. The summed E-state index contributed by atoms with van der Waals surface area (Å²) in [6.07, 6.45) is 1.82. The van der Waals surface area contributed by atoms with Gasteiger partial charge in [0.05, 0.1) is 22.1 Å². The van der Waals surface area contributed by atoms with Crippen molar-refractivity contribution in [2.75, 3.05) is 24.3 Å². The number of fused-ring (bicyclic) bond motifs is 1. The first-order valence-electron chi connectivity index (χ1n) is 5.98. The highest BCUT2D eigenvalue weighted by Gasteiger charge is 2.04. The molecular formula is C14H14N4S. The summed E-state index contributed by atoms with van der Waals surface area (Å²) >= 11 is 1.64. The molecule has 0 saturated carbocycles. The average Bonchev–Trinajstić information content (AvgIpc) is 2.81. The lowest BCUT2D eigenvalue weighted by Crippen LogP contribution is -2.10. The zero-order valence-corrected chi connectivity index (χ0v) is 11.6. The van der Waals surface area contributed by atoms with Crippen LogP contribution < -0.4 is 10.2 Å². The predicted octanol–water partition coefficient (Wildman–Crippen LogP) is 3.50. The summed E-state index contributed by atoms with van der Waals surface area (Å²) in [6.45, 7) is 0. The Morgan fingerprint density at radius 2 is 1.95 bits per heavy atom. The highest BCUT2D eigenvalue weighted by molar-refractivity contribution is 7.22. The van der Waals surface area contributed by atoms with Crippen LogP contribution in [0.2, 0.25) is 0 Å². The van der Waals surface area contributed by atoms with Crippen LogP contribution in [0.1, 0.15) is 0 Å². The molecule has 0 bridgehead atoms. The van der Waals surface area contributed by atoms with E-state index in [4.69, 9.17) is 0 Å². The highest BCUT2D eigenvalue weighted by Crippen LogP contribution is 2.27. The number of hydrogen-bond acceptors (Lipinski definition) is 5. The van der Waals surface area contributed by atoms with Gasteiger partial charge in [-0.1, -0.05) is 23.5 Å². The van der Waals surface area contributed by atoms with Gasteiger partial charge in [-0.05, 0) is 24.3 Å². The molecular weight excluding hydrogens is 256 g/mol. The molecule has 1 N–H and O–H groups in total. The van der Waals surface area contributed by atoms with E-state index in [1.807, 2.05) is 55.5 Å². The summed E-state index contributed by atoms with van der Waals surface area (Å²) in [5.74, 6) is 0.940. The minimum Gasteiger partial charge on any atom is -0.363 e. The molecule has 96 valence electrons. The quantitative estimate of drug-likeness (QED) is 0.791. The monoisotopic (exact) mass is 270 g/mol. The standard InChI is InChI=1S/C14H14N4S/c1-18(2)13-8-7-10(9-15-13)16-14-17-11-5-3-4-6-12(11)19-14/h3-9H,1-2H3,(H,16,17). The average molecular weight is 270 g/mol. The van der Waals surface area contributed by atoms with Crippen LogP contribution in [0.15, 0.2) is 42.6 Å². The Bertz CT molecular complexity index is 655. The molecule has 0 amide bonds. The fourth-order valence-electron chi connectivity index (χ4n) is 1.77. The maximum Gasteiger partial charge on any atom is 0.188 e. The Balaban J connectivity index is 1.84. The Labute approximate surface area is 115 Å². The van der Waals surface area contributed by atoms with Gasteiger partial charge in [0, 0.05) is 14.1 Å². The van der Waals surface area contributed by atoms with Crippen molar-refractivity contribution in [1.82, 2.24) is 9.97 Å². The van der Waals surface area contributed by atoms with Crippen LogP contribution in [-0.4, -0.2) is 24.1 Å². The Hall–Kier alpha value is -2.14. The highest BCUT2D eigenvalue weighted by atomic mass is 32.1. The molecule has 0 spiro atoms. The second kappa shape index (κ2) is 4.85. The van der Waals surface area contributed by atoms with Crippen molar-refractivity contribution in [3.63, 3.8) is 0 Å². The van der Waals surface area contributed by atoms with Gasteiger partial charge in [0.25, 0.3) is 0 Å². The number of benzene rings is 1. The summed E-state index contributed by atoms with van der Waals surface area (Å²) in [5, 5.41) is 4.18. The van der Waals surface area contributed by atoms with Crippen LogP contribution in [0, 0.1) is 0 Å². The number of thiazole rings is 1. The van der Waals surface area contributed by atoms with Gasteiger partial charge in [0.1, 0.15) is 5.82 Å². The lowest BCUT2D eigenvalue weighted by molar-refractivity contribution is 1.07. The van der Waals surface area contributed by atoms with Crippen molar-refractivity contribution in [3.8, 4) is 0 Å². The van der Waals surface area contributed by atoms with Crippen molar-refractivity contribution in [2.24, 2.45) is 0 Å². The Morgan fingerprint density at radius 3 is 2.63 bits per heavy atom. The third kappa shape index (κ3) is 2.51. The number of nitrogens with zero attached hydrogens (tertiary/aromatic N) is 3. The van der Waals surface area contributed by atoms with Crippen molar-refractivity contribution >= 4 is 38.2 Å². The molecule has 0 fully saturated rings. The van der Waals surface area contributed by atoms with Gasteiger partial charge in [-0.15, -0.1) is 0 Å². The number of pyridine rings is 1.